The van der Waals surface area contributed by atoms with Gasteiger partial charge in [0.2, 0.25) is 11.7 Å². The maximum atomic E-state index is 12.9. The van der Waals surface area contributed by atoms with E-state index in [0.29, 0.717) is 11.5 Å². The number of fused-ring (bicyclic) bond motifs is 1. The zero-order chi connectivity index (χ0) is 24.2. The van der Waals surface area contributed by atoms with Crippen molar-refractivity contribution < 1.29 is 24.1 Å². The van der Waals surface area contributed by atoms with Gasteiger partial charge in [0.05, 0.1) is 27.8 Å². The number of rotatable bonds is 7. The summed E-state index contributed by atoms with van der Waals surface area (Å²) in [5, 5.41) is 13.2. The van der Waals surface area contributed by atoms with Crippen LogP contribution in [-0.2, 0) is 4.79 Å². The molecular weight excluding hydrogens is 430 g/mol. The normalized spacial score (nSPS) is 13.6. The van der Waals surface area contributed by atoms with Gasteiger partial charge in [0.1, 0.15) is 5.75 Å². The summed E-state index contributed by atoms with van der Waals surface area (Å²) in [6, 6.07) is 18.8. The number of hydrogen-bond acceptors (Lipinski definition) is 5. The topological polar surface area (TPSA) is 77.0 Å². The molecule has 4 rings (SSSR count). The molecule has 1 aliphatic carbocycles. The van der Waals surface area contributed by atoms with Crippen LogP contribution in [-0.4, -0.2) is 32.3 Å². The number of phenols is 1. The van der Waals surface area contributed by atoms with Crippen molar-refractivity contribution in [3.8, 4) is 23.0 Å². The highest BCUT2D eigenvalue weighted by molar-refractivity contribution is 6.10. The van der Waals surface area contributed by atoms with Crippen molar-refractivity contribution in [2.24, 2.45) is 0 Å². The van der Waals surface area contributed by atoms with E-state index in [1.807, 2.05) is 61.5 Å². The van der Waals surface area contributed by atoms with Gasteiger partial charge in [-0.3, -0.25) is 4.79 Å². The number of amides is 1. The van der Waals surface area contributed by atoms with Crippen LogP contribution in [0.1, 0.15) is 30.0 Å². The summed E-state index contributed by atoms with van der Waals surface area (Å²) in [6.45, 7) is 2.01. The SMILES string of the molecule is COc1ccc2c(c1)C(CC(=O)Nc1ccccc1)=C(C)/C2=C/c1cc(OC)c(O)c(OC)c1. The Hall–Kier alpha value is -4.19. The average Bonchev–Trinajstić information content (AvgIpc) is 3.10. The minimum Gasteiger partial charge on any atom is -0.502 e. The fourth-order valence-electron chi connectivity index (χ4n) is 4.17. The molecule has 174 valence electrons. The minimum absolute atomic E-state index is 0.0470. The van der Waals surface area contributed by atoms with Crippen LogP contribution in [0.5, 0.6) is 23.0 Å². The molecule has 0 atom stereocenters. The van der Waals surface area contributed by atoms with Gasteiger partial charge in [-0.05, 0) is 82.8 Å². The third kappa shape index (κ3) is 4.48. The molecule has 0 saturated carbocycles. The van der Waals surface area contributed by atoms with Crippen molar-refractivity contribution in [3.05, 3.63) is 82.9 Å². The van der Waals surface area contributed by atoms with E-state index in [0.717, 1.165) is 44.8 Å². The number of aromatic hydroxyl groups is 1. The van der Waals surface area contributed by atoms with E-state index in [1.165, 1.54) is 14.2 Å². The summed E-state index contributed by atoms with van der Waals surface area (Å²) < 4.78 is 16.1. The van der Waals surface area contributed by atoms with E-state index < -0.39 is 0 Å². The largest absolute Gasteiger partial charge is 0.502 e. The van der Waals surface area contributed by atoms with Gasteiger partial charge in [-0.25, -0.2) is 0 Å². The van der Waals surface area contributed by atoms with E-state index in [1.54, 1.807) is 19.2 Å². The number of allylic oxidation sites excluding steroid dienone is 2. The van der Waals surface area contributed by atoms with E-state index >= 15 is 0 Å². The Kier molecular flexibility index (Phi) is 6.59. The number of nitrogens with one attached hydrogen (secondary N) is 1. The zero-order valence-electron chi connectivity index (χ0n) is 19.6. The summed E-state index contributed by atoms with van der Waals surface area (Å²) in [4.78, 5) is 12.9. The molecule has 0 spiro atoms. The van der Waals surface area contributed by atoms with Crippen LogP contribution in [0.2, 0.25) is 0 Å². The van der Waals surface area contributed by atoms with Crippen molar-refractivity contribution in [1.29, 1.82) is 0 Å². The number of carbonyl (C=O) groups excluding carboxylic acids is 1. The molecule has 3 aromatic carbocycles. The van der Waals surface area contributed by atoms with Gasteiger partial charge in [0.15, 0.2) is 11.5 Å². The quantitative estimate of drug-likeness (QED) is 0.471. The van der Waals surface area contributed by atoms with E-state index in [4.69, 9.17) is 14.2 Å². The predicted octanol–water partition coefficient (Wildman–Crippen LogP) is 5.77. The number of para-hydroxylation sites is 1. The van der Waals surface area contributed by atoms with Gasteiger partial charge in [0.25, 0.3) is 0 Å². The van der Waals surface area contributed by atoms with Crippen LogP contribution in [0.3, 0.4) is 0 Å². The first kappa shape index (κ1) is 23.0. The Morgan fingerprint density at radius 2 is 1.59 bits per heavy atom. The van der Waals surface area contributed by atoms with Crippen LogP contribution in [0.25, 0.3) is 17.2 Å². The van der Waals surface area contributed by atoms with Crippen molar-refractivity contribution >= 4 is 28.8 Å². The summed E-state index contributed by atoms with van der Waals surface area (Å²) in [5.41, 5.74) is 6.45. The fraction of sp³-hybridized carbons (Fsp3) is 0.179. The summed E-state index contributed by atoms with van der Waals surface area (Å²) >= 11 is 0. The molecule has 34 heavy (non-hydrogen) atoms. The second-order valence-electron chi connectivity index (χ2n) is 7.94. The fourth-order valence-corrected chi connectivity index (χ4v) is 4.17. The highest BCUT2D eigenvalue weighted by atomic mass is 16.5. The van der Waals surface area contributed by atoms with E-state index in [-0.39, 0.29) is 18.1 Å². The van der Waals surface area contributed by atoms with Crippen molar-refractivity contribution in [2.45, 2.75) is 13.3 Å². The molecule has 0 radical (unpaired) electrons. The lowest BCUT2D eigenvalue weighted by atomic mass is 10.00. The summed E-state index contributed by atoms with van der Waals surface area (Å²) in [5.74, 6) is 1.23. The van der Waals surface area contributed by atoms with Gasteiger partial charge >= 0.3 is 0 Å². The molecule has 0 bridgehead atoms. The number of carbonyl (C=O) groups is 1. The number of methoxy groups -OCH3 is 3. The Bertz CT molecular complexity index is 1270. The molecule has 1 amide bonds. The van der Waals surface area contributed by atoms with Crippen molar-refractivity contribution in [1.82, 2.24) is 0 Å². The number of ether oxygens (including phenoxy) is 3. The number of benzene rings is 3. The van der Waals surface area contributed by atoms with Crippen LogP contribution in [0, 0.1) is 0 Å². The molecule has 2 N–H and O–H groups in total. The Morgan fingerprint density at radius 3 is 2.21 bits per heavy atom. The standard InChI is InChI=1S/C28H27NO5/c1-17-22(12-18-13-25(33-3)28(31)26(14-18)34-4)21-11-10-20(32-2)15-24(21)23(17)16-27(30)29-19-8-6-5-7-9-19/h5-15,31H,16H2,1-4H3,(H,29,30)/b22-12-. The van der Waals surface area contributed by atoms with Crippen LogP contribution in [0.15, 0.2) is 66.2 Å². The highest BCUT2D eigenvalue weighted by Gasteiger charge is 2.26. The van der Waals surface area contributed by atoms with Gasteiger partial charge in [-0.15, -0.1) is 0 Å². The average molecular weight is 458 g/mol. The van der Waals surface area contributed by atoms with Gasteiger partial charge < -0.3 is 24.6 Å². The number of anilines is 1. The maximum absolute atomic E-state index is 12.9. The molecule has 1 aliphatic rings. The first-order valence-corrected chi connectivity index (χ1v) is 10.9. The molecule has 0 unspecified atom stereocenters. The van der Waals surface area contributed by atoms with Crippen molar-refractivity contribution in [2.75, 3.05) is 26.6 Å². The zero-order valence-corrected chi connectivity index (χ0v) is 19.6. The van der Waals surface area contributed by atoms with E-state index in [9.17, 15) is 9.90 Å². The van der Waals surface area contributed by atoms with Crippen molar-refractivity contribution in [3.63, 3.8) is 0 Å². The Balaban J connectivity index is 1.76. The molecule has 3 aromatic rings. The maximum Gasteiger partial charge on any atom is 0.228 e. The van der Waals surface area contributed by atoms with Crippen LogP contribution >= 0.6 is 0 Å². The molecule has 0 fully saturated rings. The van der Waals surface area contributed by atoms with Gasteiger partial charge in [0, 0.05) is 5.69 Å². The van der Waals surface area contributed by atoms with E-state index in [2.05, 4.69) is 5.32 Å². The molecular formula is C28H27NO5. The first-order valence-electron chi connectivity index (χ1n) is 10.9. The summed E-state index contributed by atoms with van der Waals surface area (Å²) in [6.07, 6.45) is 2.23. The highest BCUT2D eigenvalue weighted by Crippen LogP contribution is 2.46. The van der Waals surface area contributed by atoms with Crippen LogP contribution < -0.4 is 19.5 Å². The summed E-state index contributed by atoms with van der Waals surface area (Å²) in [7, 11) is 4.62. The van der Waals surface area contributed by atoms with Gasteiger partial charge in [-0.2, -0.15) is 0 Å². The predicted molar refractivity (Wildman–Crippen MR) is 134 cm³/mol. The molecule has 0 saturated heterocycles. The Labute approximate surface area is 199 Å². The second-order valence-corrected chi connectivity index (χ2v) is 7.94. The molecule has 0 aliphatic heterocycles. The number of phenolic OH excluding ortho intramolecular Hbond substituents is 1. The second kappa shape index (κ2) is 9.75. The molecule has 6 heteroatoms. The third-order valence-electron chi connectivity index (χ3n) is 5.91. The third-order valence-corrected chi connectivity index (χ3v) is 5.91. The molecule has 0 heterocycles. The monoisotopic (exact) mass is 457 g/mol. The smallest absolute Gasteiger partial charge is 0.228 e. The van der Waals surface area contributed by atoms with Crippen LogP contribution in [0.4, 0.5) is 5.69 Å². The molecule has 0 aromatic heterocycles. The first-order chi connectivity index (χ1) is 16.4. The lowest BCUT2D eigenvalue weighted by molar-refractivity contribution is -0.115. The minimum atomic E-state index is -0.0939. The lowest BCUT2D eigenvalue weighted by Crippen LogP contribution is -2.11. The van der Waals surface area contributed by atoms with Gasteiger partial charge in [-0.1, -0.05) is 24.3 Å². The lowest BCUT2D eigenvalue weighted by Gasteiger charge is -2.11. The number of hydrogen-bond donors (Lipinski definition) is 2. The molecule has 6 nitrogen and oxygen atoms in total. The Morgan fingerprint density at radius 1 is 0.912 bits per heavy atom.